The number of rotatable bonds is 4. The molecule has 0 bridgehead atoms. The summed E-state index contributed by atoms with van der Waals surface area (Å²) in [5, 5.41) is 4.06. The minimum absolute atomic E-state index is 0.160. The van der Waals surface area contributed by atoms with E-state index in [0.717, 1.165) is 6.07 Å². The smallest absolute Gasteiger partial charge is 0.335 e. The number of benzene rings is 1. The summed E-state index contributed by atoms with van der Waals surface area (Å²) < 4.78 is 41.0. The first-order chi connectivity index (χ1) is 13.3. The molecule has 3 rings (SSSR count). The summed E-state index contributed by atoms with van der Waals surface area (Å²) in [5.74, 6) is -0.915. The average molecular weight is 395 g/mol. The van der Waals surface area contributed by atoms with Crippen LogP contribution < -0.4 is 5.73 Å². The van der Waals surface area contributed by atoms with Crippen LogP contribution in [0.3, 0.4) is 0 Å². The van der Waals surface area contributed by atoms with Crippen LogP contribution in [0.15, 0.2) is 36.7 Å². The number of nitrogens with two attached hydrogens (primary N) is 1. The van der Waals surface area contributed by atoms with E-state index in [1.165, 1.54) is 29.3 Å². The lowest BCUT2D eigenvalue weighted by Crippen LogP contribution is -2.50. The van der Waals surface area contributed by atoms with Gasteiger partial charge >= 0.3 is 6.18 Å². The van der Waals surface area contributed by atoms with E-state index in [2.05, 4.69) is 5.10 Å². The number of nitrogens with zero attached hydrogens (tertiary/aromatic N) is 4. The standard InChI is InChI=1S/C18H20F3N5O2/c19-18(20,21)15-4-2-1-3-14(15)17(28)25-9-7-24(8-10-25)16(27)13-11-23-26(12-13)6-5-22/h1-4,11-12H,5-10,22H2. The molecule has 2 amide bonds. The maximum Gasteiger partial charge on any atom is 0.417 e. The molecule has 1 aromatic carbocycles. The third kappa shape index (κ3) is 4.16. The molecule has 0 radical (unpaired) electrons. The molecule has 2 heterocycles. The molecule has 0 atom stereocenters. The number of carbonyl (C=O) groups is 2. The fourth-order valence-electron chi connectivity index (χ4n) is 3.11. The monoisotopic (exact) mass is 395 g/mol. The number of hydrogen-bond donors (Lipinski definition) is 1. The van der Waals surface area contributed by atoms with Crippen molar-refractivity contribution in [3.05, 3.63) is 53.3 Å². The molecule has 0 spiro atoms. The Balaban J connectivity index is 1.65. The van der Waals surface area contributed by atoms with Crippen LogP contribution in [0.1, 0.15) is 26.3 Å². The van der Waals surface area contributed by atoms with Crippen molar-refractivity contribution in [2.45, 2.75) is 12.7 Å². The van der Waals surface area contributed by atoms with Gasteiger partial charge in [0, 0.05) is 38.9 Å². The SMILES string of the molecule is NCCn1cc(C(=O)N2CCN(C(=O)c3ccccc3C(F)(F)F)CC2)cn1. The highest BCUT2D eigenvalue weighted by Crippen LogP contribution is 2.32. The molecule has 7 nitrogen and oxygen atoms in total. The van der Waals surface area contributed by atoms with Gasteiger partial charge in [-0.25, -0.2) is 0 Å². The zero-order chi connectivity index (χ0) is 20.3. The zero-order valence-corrected chi connectivity index (χ0v) is 15.0. The van der Waals surface area contributed by atoms with E-state index in [-0.39, 0.29) is 37.6 Å². The minimum atomic E-state index is -4.60. The van der Waals surface area contributed by atoms with Crippen molar-refractivity contribution in [2.24, 2.45) is 5.73 Å². The number of piperazine rings is 1. The summed E-state index contributed by atoms with van der Waals surface area (Å²) in [7, 11) is 0. The lowest BCUT2D eigenvalue weighted by molar-refractivity contribution is -0.138. The van der Waals surface area contributed by atoms with E-state index in [4.69, 9.17) is 5.73 Å². The van der Waals surface area contributed by atoms with Crippen molar-refractivity contribution < 1.29 is 22.8 Å². The van der Waals surface area contributed by atoms with Crippen molar-refractivity contribution in [3.8, 4) is 0 Å². The number of halogens is 3. The quantitative estimate of drug-likeness (QED) is 0.850. The van der Waals surface area contributed by atoms with E-state index in [0.29, 0.717) is 18.7 Å². The average Bonchev–Trinajstić information content (AvgIpc) is 3.15. The third-order valence-electron chi connectivity index (χ3n) is 4.56. The normalized spacial score (nSPS) is 15.0. The van der Waals surface area contributed by atoms with Crippen LogP contribution in [0, 0.1) is 0 Å². The van der Waals surface area contributed by atoms with Crippen molar-refractivity contribution in [1.82, 2.24) is 19.6 Å². The first-order valence-electron chi connectivity index (χ1n) is 8.78. The van der Waals surface area contributed by atoms with Crippen LogP contribution in [0.5, 0.6) is 0 Å². The highest BCUT2D eigenvalue weighted by Gasteiger charge is 2.36. The minimum Gasteiger partial charge on any atom is -0.335 e. The Morgan fingerprint density at radius 3 is 2.25 bits per heavy atom. The largest absolute Gasteiger partial charge is 0.417 e. The van der Waals surface area contributed by atoms with Crippen molar-refractivity contribution in [1.29, 1.82) is 0 Å². The summed E-state index contributed by atoms with van der Waals surface area (Å²) in [5.41, 5.74) is 4.54. The molecule has 2 N–H and O–H groups in total. The molecule has 28 heavy (non-hydrogen) atoms. The molecule has 1 fully saturated rings. The van der Waals surface area contributed by atoms with Gasteiger partial charge in [0.2, 0.25) is 0 Å². The molecule has 1 aliphatic rings. The van der Waals surface area contributed by atoms with Crippen LogP contribution in [0.4, 0.5) is 13.2 Å². The first-order valence-corrected chi connectivity index (χ1v) is 8.78. The predicted octanol–water partition coefficient (Wildman–Crippen LogP) is 1.46. The lowest BCUT2D eigenvalue weighted by atomic mass is 10.1. The van der Waals surface area contributed by atoms with Crippen molar-refractivity contribution in [2.75, 3.05) is 32.7 Å². The second-order valence-electron chi connectivity index (χ2n) is 6.41. The van der Waals surface area contributed by atoms with Crippen LogP contribution in [0.2, 0.25) is 0 Å². The predicted molar refractivity (Wildman–Crippen MR) is 94.5 cm³/mol. The van der Waals surface area contributed by atoms with Gasteiger partial charge < -0.3 is 15.5 Å². The van der Waals surface area contributed by atoms with Gasteiger partial charge in [-0.2, -0.15) is 18.3 Å². The second kappa shape index (κ2) is 8.01. The number of hydrogen-bond acceptors (Lipinski definition) is 4. The number of carbonyl (C=O) groups excluding carboxylic acids is 2. The van der Waals surface area contributed by atoms with E-state index in [1.807, 2.05) is 0 Å². The Hall–Kier alpha value is -2.88. The molecule has 0 unspecified atom stereocenters. The maximum absolute atomic E-state index is 13.1. The molecular formula is C18H20F3N5O2. The molecule has 10 heteroatoms. The summed E-state index contributed by atoms with van der Waals surface area (Å²) in [6, 6.07) is 4.73. The van der Waals surface area contributed by atoms with Crippen LogP contribution in [0.25, 0.3) is 0 Å². The van der Waals surface area contributed by atoms with E-state index >= 15 is 0 Å². The maximum atomic E-state index is 13.1. The van der Waals surface area contributed by atoms with Crippen LogP contribution in [-0.2, 0) is 12.7 Å². The molecule has 1 aromatic heterocycles. The number of alkyl halides is 3. The Morgan fingerprint density at radius 2 is 1.64 bits per heavy atom. The van der Waals surface area contributed by atoms with Gasteiger partial charge in [0.05, 0.1) is 29.4 Å². The summed E-state index contributed by atoms with van der Waals surface area (Å²) in [4.78, 5) is 28.0. The van der Waals surface area contributed by atoms with Crippen LogP contribution >= 0.6 is 0 Å². The topological polar surface area (TPSA) is 84.5 Å². The summed E-state index contributed by atoms with van der Waals surface area (Å²) in [6.07, 6.45) is -1.55. The van der Waals surface area contributed by atoms with E-state index in [1.54, 1.807) is 15.8 Å². The van der Waals surface area contributed by atoms with Crippen LogP contribution in [-0.4, -0.2) is 64.1 Å². The van der Waals surface area contributed by atoms with Gasteiger partial charge in [0.1, 0.15) is 0 Å². The van der Waals surface area contributed by atoms with E-state index in [9.17, 15) is 22.8 Å². The van der Waals surface area contributed by atoms with Gasteiger partial charge in [-0.1, -0.05) is 12.1 Å². The summed E-state index contributed by atoms with van der Waals surface area (Å²) in [6.45, 7) is 1.69. The summed E-state index contributed by atoms with van der Waals surface area (Å²) >= 11 is 0. The molecule has 1 saturated heterocycles. The Kier molecular flexibility index (Phi) is 5.68. The van der Waals surface area contributed by atoms with Crippen molar-refractivity contribution >= 4 is 11.8 Å². The van der Waals surface area contributed by atoms with Gasteiger partial charge in [-0.15, -0.1) is 0 Å². The molecule has 150 valence electrons. The fourth-order valence-corrected chi connectivity index (χ4v) is 3.11. The third-order valence-corrected chi connectivity index (χ3v) is 4.56. The van der Waals surface area contributed by atoms with Crippen molar-refractivity contribution in [3.63, 3.8) is 0 Å². The first kappa shape index (κ1) is 19.9. The molecule has 0 aliphatic carbocycles. The van der Waals surface area contributed by atoms with Gasteiger partial charge in [-0.05, 0) is 12.1 Å². The second-order valence-corrected chi connectivity index (χ2v) is 6.41. The highest BCUT2D eigenvalue weighted by atomic mass is 19.4. The fraction of sp³-hybridized carbons (Fsp3) is 0.389. The molecule has 1 aliphatic heterocycles. The number of amides is 2. The molecular weight excluding hydrogens is 375 g/mol. The number of aromatic nitrogens is 2. The van der Waals surface area contributed by atoms with E-state index < -0.39 is 17.6 Å². The lowest BCUT2D eigenvalue weighted by Gasteiger charge is -2.35. The molecule has 2 aromatic rings. The molecule has 0 saturated carbocycles. The Labute approximate surface area is 159 Å². The van der Waals surface area contributed by atoms with Gasteiger partial charge in [-0.3, -0.25) is 14.3 Å². The Bertz CT molecular complexity index is 857. The highest BCUT2D eigenvalue weighted by molar-refractivity contribution is 5.97. The Morgan fingerprint density at radius 1 is 1.04 bits per heavy atom. The van der Waals surface area contributed by atoms with Gasteiger partial charge in [0.25, 0.3) is 11.8 Å². The zero-order valence-electron chi connectivity index (χ0n) is 15.0. The van der Waals surface area contributed by atoms with Gasteiger partial charge in [0.15, 0.2) is 0 Å².